The number of rotatable bonds is 4. The Balaban J connectivity index is 1.34. The number of hydrogen-bond acceptors (Lipinski definition) is 7. The van der Waals surface area contributed by atoms with Gasteiger partial charge in [-0.25, -0.2) is 23.7 Å². The lowest BCUT2D eigenvalue weighted by Crippen LogP contribution is -2.46. The van der Waals surface area contributed by atoms with Crippen LogP contribution in [-0.4, -0.2) is 65.0 Å². The molecule has 0 radical (unpaired) electrons. The molecule has 2 aliphatic heterocycles. The molecular formula is C18H24F2N6S. The van der Waals surface area contributed by atoms with E-state index >= 15 is 0 Å². The fraction of sp³-hybridized carbons (Fsp3) is 0.611. The Kier molecular flexibility index (Phi) is 5.23. The van der Waals surface area contributed by atoms with Crippen LogP contribution in [0.4, 0.5) is 20.4 Å². The molecule has 0 unspecified atom stereocenters. The van der Waals surface area contributed by atoms with Gasteiger partial charge in [-0.1, -0.05) is 0 Å². The van der Waals surface area contributed by atoms with Crippen LogP contribution in [0.5, 0.6) is 0 Å². The first-order valence-corrected chi connectivity index (χ1v) is 10.2. The van der Waals surface area contributed by atoms with E-state index < -0.39 is 5.92 Å². The summed E-state index contributed by atoms with van der Waals surface area (Å²) >= 11 is 1.69. The van der Waals surface area contributed by atoms with Crippen LogP contribution in [0.15, 0.2) is 17.8 Å². The standard InChI is InChI=1S/C18H24F2N6S/c1-14-23-15(12-27-14)11-24-6-8-26(9-7-24)17-10-16(21-13-22-17)25-4-2-18(19,20)3-5-25/h10,12-13H,2-9,11H2,1H3. The average Bonchev–Trinajstić information content (AvgIpc) is 3.07. The van der Waals surface area contributed by atoms with E-state index in [2.05, 4.69) is 30.1 Å². The summed E-state index contributed by atoms with van der Waals surface area (Å²) in [5.74, 6) is -0.921. The van der Waals surface area contributed by atoms with Crippen molar-refractivity contribution in [2.45, 2.75) is 32.2 Å². The van der Waals surface area contributed by atoms with E-state index in [1.165, 1.54) is 0 Å². The highest BCUT2D eigenvalue weighted by Crippen LogP contribution is 2.30. The molecule has 0 saturated carbocycles. The molecule has 0 spiro atoms. The van der Waals surface area contributed by atoms with Crippen molar-refractivity contribution < 1.29 is 8.78 Å². The molecule has 146 valence electrons. The van der Waals surface area contributed by atoms with Gasteiger partial charge in [0, 0.05) is 70.1 Å². The van der Waals surface area contributed by atoms with E-state index in [1.807, 2.05) is 17.9 Å². The van der Waals surface area contributed by atoms with Crippen LogP contribution in [0, 0.1) is 6.92 Å². The normalized spacial score (nSPS) is 20.9. The van der Waals surface area contributed by atoms with Crippen molar-refractivity contribution in [3.8, 4) is 0 Å². The molecule has 2 aromatic heterocycles. The Bertz CT molecular complexity index is 765. The number of halogens is 2. The molecule has 2 fully saturated rings. The molecule has 0 N–H and O–H groups in total. The predicted octanol–water partition coefficient (Wildman–Crippen LogP) is 2.80. The van der Waals surface area contributed by atoms with Crippen LogP contribution in [0.25, 0.3) is 0 Å². The summed E-state index contributed by atoms with van der Waals surface area (Å²) in [5, 5.41) is 3.23. The maximum atomic E-state index is 13.4. The lowest BCUT2D eigenvalue weighted by Gasteiger charge is -2.36. The van der Waals surface area contributed by atoms with Gasteiger partial charge in [0.2, 0.25) is 0 Å². The minimum absolute atomic E-state index is 0.110. The highest BCUT2D eigenvalue weighted by Gasteiger charge is 2.34. The molecule has 27 heavy (non-hydrogen) atoms. The van der Waals surface area contributed by atoms with Crippen molar-refractivity contribution in [1.82, 2.24) is 19.9 Å². The first-order chi connectivity index (χ1) is 13.0. The molecule has 6 nitrogen and oxygen atoms in total. The molecule has 0 aliphatic carbocycles. The second-order valence-corrected chi connectivity index (χ2v) is 8.26. The van der Waals surface area contributed by atoms with E-state index in [1.54, 1.807) is 17.7 Å². The van der Waals surface area contributed by atoms with Crippen LogP contribution >= 0.6 is 11.3 Å². The summed E-state index contributed by atoms with van der Waals surface area (Å²) in [6.07, 6.45) is 1.32. The monoisotopic (exact) mass is 394 g/mol. The Morgan fingerprint density at radius 3 is 2.22 bits per heavy atom. The summed E-state index contributed by atoms with van der Waals surface area (Å²) in [7, 11) is 0. The van der Waals surface area contributed by atoms with Crippen LogP contribution in [0.2, 0.25) is 0 Å². The smallest absolute Gasteiger partial charge is 0.251 e. The molecule has 4 heterocycles. The van der Waals surface area contributed by atoms with Crippen LogP contribution in [0.1, 0.15) is 23.5 Å². The van der Waals surface area contributed by atoms with Gasteiger partial charge >= 0.3 is 0 Å². The fourth-order valence-corrected chi connectivity index (χ4v) is 4.19. The van der Waals surface area contributed by atoms with Gasteiger partial charge in [-0.05, 0) is 6.92 Å². The summed E-state index contributed by atoms with van der Waals surface area (Å²) < 4.78 is 26.8. The first-order valence-electron chi connectivity index (χ1n) is 9.32. The highest BCUT2D eigenvalue weighted by molar-refractivity contribution is 7.09. The van der Waals surface area contributed by atoms with E-state index in [4.69, 9.17) is 0 Å². The topological polar surface area (TPSA) is 48.4 Å². The molecule has 4 rings (SSSR count). The molecule has 2 aromatic rings. The fourth-order valence-electron chi connectivity index (χ4n) is 3.59. The van der Waals surface area contributed by atoms with Crippen molar-refractivity contribution in [3.63, 3.8) is 0 Å². The third kappa shape index (κ3) is 4.52. The number of anilines is 2. The van der Waals surface area contributed by atoms with Crippen LogP contribution in [0.3, 0.4) is 0 Å². The summed E-state index contributed by atoms with van der Waals surface area (Å²) in [6.45, 7) is 7.26. The zero-order valence-electron chi connectivity index (χ0n) is 15.4. The van der Waals surface area contributed by atoms with Crippen LogP contribution < -0.4 is 9.80 Å². The van der Waals surface area contributed by atoms with Crippen LogP contribution in [-0.2, 0) is 6.54 Å². The minimum Gasteiger partial charge on any atom is -0.356 e. The number of piperidine rings is 1. The molecule has 0 aromatic carbocycles. The lowest BCUT2D eigenvalue weighted by atomic mass is 10.1. The first kappa shape index (κ1) is 18.5. The number of alkyl halides is 2. The van der Waals surface area contributed by atoms with E-state index in [0.717, 1.165) is 55.1 Å². The largest absolute Gasteiger partial charge is 0.356 e. The second-order valence-electron chi connectivity index (χ2n) is 7.20. The Morgan fingerprint density at radius 1 is 1.00 bits per heavy atom. The zero-order valence-corrected chi connectivity index (χ0v) is 16.3. The summed E-state index contributed by atoms with van der Waals surface area (Å²) in [6, 6.07) is 1.93. The summed E-state index contributed by atoms with van der Waals surface area (Å²) in [5.41, 5.74) is 1.14. The quantitative estimate of drug-likeness (QED) is 0.795. The number of hydrogen-bond donors (Lipinski definition) is 0. The maximum Gasteiger partial charge on any atom is 0.251 e. The molecule has 0 amide bonds. The van der Waals surface area contributed by atoms with Gasteiger partial charge in [0.05, 0.1) is 10.7 Å². The molecule has 0 atom stereocenters. The molecule has 9 heteroatoms. The van der Waals surface area contributed by atoms with Gasteiger partial charge in [0.1, 0.15) is 18.0 Å². The number of thiazole rings is 1. The number of aryl methyl sites for hydroxylation is 1. The number of piperazine rings is 1. The van der Waals surface area contributed by atoms with Gasteiger partial charge in [-0.15, -0.1) is 11.3 Å². The zero-order chi connectivity index (χ0) is 18.9. The molecular weight excluding hydrogens is 370 g/mol. The maximum absolute atomic E-state index is 13.4. The van der Waals surface area contributed by atoms with Gasteiger partial charge < -0.3 is 9.80 Å². The third-order valence-corrected chi connectivity index (χ3v) is 6.03. The van der Waals surface area contributed by atoms with E-state index in [0.29, 0.717) is 13.1 Å². The third-order valence-electron chi connectivity index (χ3n) is 5.21. The average molecular weight is 394 g/mol. The Labute approximate surface area is 161 Å². The van der Waals surface area contributed by atoms with E-state index in [9.17, 15) is 8.78 Å². The SMILES string of the molecule is Cc1nc(CN2CCN(c3cc(N4CCC(F)(F)CC4)ncn3)CC2)cs1. The van der Waals surface area contributed by atoms with Crippen molar-refractivity contribution in [2.24, 2.45) is 0 Å². The minimum atomic E-state index is -2.54. The molecule has 2 saturated heterocycles. The second kappa shape index (κ2) is 7.63. The predicted molar refractivity (Wildman–Crippen MR) is 103 cm³/mol. The van der Waals surface area contributed by atoms with Gasteiger partial charge in [-0.3, -0.25) is 4.90 Å². The molecule has 2 aliphatic rings. The number of aromatic nitrogens is 3. The molecule has 0 bridgehead atoms. The van der Waals surface area contributed by atoms with Crippen molar-refractivity contribution in [2.75, 3.05) is 49.1 Å². The van der Waals surface area contributed by atoms with Crippen molar-refractivity contribution >= 4 is 23.0 Å². The van der Waals surface area contributed by atoms with Crippen molar-refractivity contribution in [3.05, 3.63) is 28.5 Å². The van der Waals surface area contributed by atoms with Gasteiger partial charge in [0.15, 0.2) is 0 Å². The summed E-state index contributed by atoms with van der Waals surface area (Å²) in [4.78, 5) is 19.8. The Morgan fingerprint density at radius 2 is 1.63 bits per heavy atom. The van der Waals surface area contributed by atoms with Gasteiger partial charge in [-0.2, -0.15) is 0 Å². The highest BCUT2D eigenvalue weighted by atomic mass is 32.1. The number of nitrogens with zero attached hydrogens (tertiary/aromatic N) is 6. The Hall–Kier alpha value is -1.87. The van der Waals surface area contributed by atoms with Crippen molar-refractivity contribution in [1.29, 1.82) is 0 Å². The van der Waals surface area contributed by atoms with Gasteiger partial charge in [0.25, 0.3) is 5.92 Å². The van der Waals surface area contributed by atoms with E-state index in [-0.39, 0.29) is 12.8 Å². The lowest BCUT2D eigenvalue weighted by molar-refractivity contribution is -0.0221.